The van der Waals surface area contributed by atoms with E-state index in [1.54, 1.807) is 11.3 Å². The lowest BCUT2D eigenvalue weighted by molar-refractivity contribution is 0.122. The third-order valence-electron chi connectivity index (χ3n) is 6.57. The molecule has 0 aliphatic carbocycles. The van der Waals surface area contributed by atoms with Gasteiger partial charge in [-0.3, -0.25) is 0 Å². The molecule has 4 aromatic rings. The number of rotatable bonds is 5. The Kier molecular flexibility index (Phi) is 6.28. The smallest absolute Gasteiger partial charge is 0.227 e. The highest BCUT2D eigenvalue weighted by Crippen LogP contribution is 2.32. The number of aromatic nitrogens is 2. The minimum atomic E-state index is -1.23. The predicted molar refractivity (Wildman–Crippen MR) is 139 cm³/mol. The molecule has 2 aromatic heterocycles. The van der Waals surface area contributed by atoms with E-state index in [1.807, 2.05) is 30.3 Å². The number of nitrogens with one attached hydrogen (secondary N) is 1. The number of hydrogen-bond acceptors (Lipinski definition) is 8. The van der Waals surface area contributed by atoms with Gasteiger partial charge in [0.25, 0.3) is 0 Å². The molecule has 2 saturated heterocycles. The number of morpholine rings is 1. The first-order chi connectivity index (χ1) is 16.7. The first-order valence-corrected chi connectivity index (χ1v) is 13.8. The highest BCUT2D eigenvalue weighted by atomic mass is 32.2. The topological polar surface area (TPSA) is 76.6 Å². The molecule has 1 N–H and O–H groups in total. The summed E-state index contributed by atoms with van der Waals surface area (Å²) in [6, 6.07) is 16.5. The summed E-state index contributed by atoms with van der Waals surface area (Å²) >= 11 is 0.469. The fourth-order valence-corrected chi connectivity index (χ4v) is 6.61. The molecule has 7 nitrogen and oxygen atoms in total. The van der Waals surface area contributed by atoms with Gasteiger partial charge in [0, 0.05) is 32.2 Å². The van der Waals surface area contributed by atoms with Gasteiger partial charge in [-0.15, -0.1) is 16.1 Å². The summed E-state index contributed by atoms with van der Waals surface area (Å²) < 4.78 is 23.0. The van der Waals surface area contributed by atoms with Crippen molar-refractivity contribution in [2.45, 2.75) is 23.8 Å². The predicted octanol–water partition coefficient (Wildman–Crippen LogP) is 3.96. The van der Waals surface area contributed by atoms with Gasteiger partial charge in [0.1, 0.15) is 0 Å². The van der Waals surface area contributed by atoms with E-state index in [2.05, 4.69) is 38.1 Å². The molecule has 1 atom stereocenters. The van der Waals surface area contributed by atoms with Gasteiger partial charge in [-0.1, -0.05) is 24.3 Å². The monoisotopic (exact) mass is 493 g/mol. The van der Waals surface area contributed by atoms with Crippen molar-refractivity contribution in [3.05, 3.63) is 53.9 Å². The van der Waals surface area contributed by atoms with Crippen LogP contribution in [0.1, 0.15) is 12.8 Å². The maximum atomic E-state index is 13.0. The average Bonchev–Trinajstić information content (AvgIpc) is 3.38. The molecule has 176 valence electrons. The van der Waals surface area contributed by atoms with Gasteiger partial charge in [-0.25, -0.2) is 4.98 Å². The summed E-state index contributed by atoms with van der Waals surface area (Å²) in [5.74, 6) is 1.82. The van der Waals surface area contributed by atoms with Gasteiger partial charge in [0.2, 0.25) is 5.95 Å². The SMILES string of the molecule is [O-][S+](NC1CCN(c2nc(N3CCOCC3)c3sccc3n2)CC1)c1ccc2ccccc2c1. The number of benzene rings is 2. The Balaban J connectivity index is 1.13. The second kappa shape index (κ2) is 9.67. The van der Waals surface area contributed by atoms with Crippen LogP contribution in [0.2, 0.25) is 0 Å². The lowest BCUT2D eigenvalue weighted by Crippen LogP contribution is -2.45. The maximum absolute atomic E-state index is 13.0. The minimum Gasteiger partial charge on any atom is -0.593 e. The fraction of sp³-hybridized carbons (Fsp3) is 0.360. The lowest BCUT2D eigenvalue weighted by atomic mass is 10.1. The summed E-state index contributed by atoms with van der Waals surface area (Å²) in [7, 11) is 0. The van der Waals surface area contributed by atoms with E-state index in [9.17, 15) is 4.55 Å². The van der Waals surface area contributed by atoms with Crippen LogP contribution >= 0.6 is 11.3 Å². The molecule has 2 aliphatic heterocycles. The normalized spacial score (nSPS) is 18.6. The van der Waals surface area contributed by atoms with Crippen LogP contribution in [-0.4, -0.2) is 60.0 Å². The summed E-state index contributed by atoms with van der Waals surface area (Å²) in [5, 5.41) is 4.36. The zero-order chi connectivity index (χ0) is 22.9. The van der Waals surface area contributed by atoms with Crippen molar-refractivity contribution in [2.24, 2.45) is 0 Å². The van der Waals surface area contributed by atoms with Crippen molar-refractivity contribution in [3.8, 4) is 0 Å². The molecule has 4 heterocycles. The van der Waals surface area contributed by atoms with E-state index in [0.29, 0.717) is 0 Å². The van der Waals surface area contributed by atoms with Crippen LogP contribution in [0.25, 0.3) is 21.0 Å². The van der Waals surface area contributed by atoms with Crippen molar-refractivity contribution < 1.29 is 9.29 Å². The van der Waals surface area contributed by atoms with Crippen LogP contribution < -0.4 is 14.5 Å². The second-order valence-corrected chi connectivity index (χ2v) is 10.9. The molecule has 6 rings (SSSR count). The minimum absolute atomic E-state index is 0.201. The third kappa shape index (κ3) is 4.46. The van der Waals surface area contributed by atoms with Gasteiger partial charge in [0.05, 0.1) is 40.8 Å². The zero-order valence-electron chi connectivity index (χ0n) is 18.9. The molecule has 0 radical (unpaired) electrons. The van der Waals surface area contributed by atoms with E-state index in [1.165, 1.54) is 0 Å². The molecule has 34 heavy (non-hydrogen) atoms. The standard InChI is InChI=1S/C25H27N5O2S2/c31-34(21-6-5-18-3-1-2-4-19(18)17-21)28-20-7-10-30(11-8-20)25-26-22-9-16-33-23(22)24(27-25)29-12-14-32-15-13-29/h1-6,9,16-17,20,28H,7-8,10-15H2. The van der Waals surface area contributed by atoms with Crippen molar-refractivity contribution in [1.82, 2.24) is 14.7 Å². The van der Waals surface area contributed by atoms with Crippen molar-refractivity contribution >= 4 is 55.5 Å². The van der Waals surface area contributed by atoms with Crippen LogP contribution in [0.4, 0.5) is 11.8 Å². The Bertz CT molecular complexity index is 1280. The van der Waals surface area contributed by atoms with Gasteiger partial charge < -0.3 is 19.1 Å². The Morgan fingerprint density at radius 2 is 1.74 bits per heavy atom. The summed E-state index contributed by atoms with van der Waals surface area (Å²) in [6.45, 7) is 4.86. The molecule has 0 bridgehead atoms. The highest BCUT2D eigenvalue weighted by molar-refractivity contribution is 7.89. The van der Waals surface area contributed by atoms with Crippen LogP contribution in [0, 0.1) is 0 Å². The van der Waals surface area contributed by atoms with Crippen LogP contribution in [0.3, 0.4) is 0 Å². The fourth-order valence-electron chi connectivity index (χ4n) is 4.67. The molecular weight excluding hydrogens is 466 g/mol. The summed E-state index contributed by atoms with van der Waals surface area (Å²) in [6.07, 6.45) is 1.80. The highest BCUT2D eigenvalue weighted by Gasteiger charge is 2.27. The molecular formula is C25H27N5O2S2. The molecule has 0 saturated carbocycles. The number of nitrogens with zero attached hydrogens (tertiary/aromatic N) is 4. The van der Waals surface area contributed by atoms with Crippen molar-refractivity contribution in [1.29, 1.82) is 0 Å². The Morgan fingerprint density at radius 3 is 2.56 bits per heavy atom. The van der Waals surface area contributed by atoms with Crippen LogP contribution in [0.5, 0.6) is 0 Å². The largest absolute Gasteiger partial charge is 0.593 e. The first-order valence-electron chi connectivity index (χ1n) is 11.7. The molecule has 2 aliphatic rings. The van der Waals surface area contributed by atoms with Gasteiger partial charge in [0.15, 0.2) is 10.7 Å². The van der Waals surface area contributed by atoms with E-state index >= 15 is 0 Å². The van der Waals surface area contributed by atoms with Gasteiger partial charge >= 0.3 is 0 Å². The van der Waals surface area contributed by atoms with Gasteiger partial charge in [-0.05, 0) is 47.2 Å². The second-order valence-electron chi connectivity index (χ2n) is 8.74. The molecule has 2 aromatic carbocycles. The average molecular weight is 494 g/mol. The van der Waals surface area contributed by atoms with E-state index in [4.69, 9.17) is 14.7 Å². The van der Waals surface area contributed by atoms with E-state index < -0.39 is 11.4 Å². The first kappa shape index (κ1) is 22.1. The summed E-state index contributed by atoms with van der Waals surface area (Å²) in [4.78, 5) is 15.3. The maximum Gasteiger partial charge on any atom is 0.227 e. The van der Waals surface area contributed by atoms with Crippen LogP contribution in [0.15, 0.2) is 58.8 Å². The molecule has 0 amide bonds. The van der Waals surface area contributed by atoms with Crippen molar-refractivity contribution in [3.63, 3.8) is 0 Å². The van der Waals surface area contributed by atoms with E-state index in [-0.39, 0.29) is 6.04 Å². The number of fused-ring (bicyclic) bond motifs is 2. The number of piperidine rings is 1. The third-order valence-corrected chi connectivity index (χ3v) is 8.70. The Morgan fingerprint density at radius 1 is 0.941 bits per heavy atom. The lowest BCUT2D eigenvalue weighted by Gasteiger charge is -2.33. The number of hydrogen-bond donors (Lipinski definition) is 1. The van der Waals surface area contributed by atoms with E-state index in [0.717, 1.165) is 89.9 Å². The Hall–Kier alpha value is -2.43. The zero-order valence-corrected chi connectivity index (χ0v) is 20.5. The molecule has 0 spiro atoms. The van der Waals surface area contributed by atoms with Crippen molar-refractivity contribution in [2.75, 3.05) is 49.2 Å². The number of thiophene rings is 1. The molecule has 1 unspecified atom stereocenters. The molecule has 2 fully saturated rings. The van der Waals surface area contributed by atoms with Crippen LogP contribution in [-0.2, 0) is 16.1 Å². The number of ether oxygens (including phenoxy) is 1. The quantitative estimate of drug-likeness (QED) is 0.422. The Labute approximate surface area is 206 Å². The summed E-state index contributed by atoms with van der Waals surface area (Å²) in [5.41, 5.74) is 1.01. The number of anilines is 2. The van der Waals surface area contributed by atoms with Gasteiger partial charge in [-0.2, -0.15) is 4.98 Å². The molecule has 9 heteroatoms.